The predicted octanol–water partition coefficient (Wildman–Crippen LogP) is 2.84. The molecule has 2 rings (SSSR count). The zero-order chi connectivity index (χ0) is 17.9. The zero-order valence-corrected chi connectivity index (χ0v) is 14.8. The number of benzene rings is 1. The fourth-order valence-electron chi connectivity index (χ4n) is 2.78. The van der Waals surface area contributed by atoms with E-state index in [0.717, 1.165) is 12.0 Å². The fourth-order valence-corrected chi connectivity index (χ4v) is 2.78. The van der Waals surface area contributed by atoms with Crippen LogP contribution in [-0.2, 0) is 4.74 Å². The molecule has 6 heteroatoms. The molecular formula is C18H27NO5. The Morgan fingerprint density at radius 2 is 2.12 bits per heavy atom. The molecule has 0 aliphatic carbocycles. The van der Waals surface area contributed by atoms with Crippen molar-refractivity contribution in [2.75, 3.05) is 13.2 Å². The molecule has 0 spiro atoms. The first-order chi connectivity index (χ1) is 11.2. The van der Waals surface area contributed by atoms with Crippen LogP contribution in [0.5, 0.6) is 11.5 Å². The molecule has 1 aromatic carbocycles. The SMILES string of the molecule is Cc1ccc(OC[C@H](O)[C@@H]2CCCN2C(=O)OC(C)(C)C)c(O)c1. The van der Waals surface area contributed by atoms with Crippen LogP contribution in [0.2, 0.25) is 0 Å². The molecule has 1 fully saturated rings. The van der Waals surface area contributed by atoms with Gasteiger partial charge in [0.1, 0.15) is 18.3 Å². The number of rotatable bonds is 4. The first kappa shape index (κ1) is 18.4. The summed E-state index contributed by atoms with van der Waals surface area (Å²) >= 11 is 0. The summed E-state index contributed by atoms with van der Waals surface area (Å²) in [6, 6.07) is 4.75. The number of likely N-dealkylation sites (tertiary alicyclic amines) is 1. The maximum atomic E-state index is 12.3. The molecule has 0 radical (unpaired) electrons. The molecule has 1 aliphatic heterocycles. The van der Waals surface area contributed by atoms with E-state index in [1.807, 2.05) is 33.8 Å². The Hall–Kier alpha value is -1.95. The van der Waals surface area contributed by atoms with Crippen LogP contribution in [0.3, 0.4) is 0 Å². The van der Waals surface area contributed by atoms with Crippen molar-refractivity contribution < 1.29 is 24.5 Å². The maximum absolute atomic E-state index is 12.3. The van der Waals surface area contributed by atoms with Crippen molar-refractivity contribution in [3.63, 3.8) is 0 Å². The third-order valence-electron chi connectivity index (χ3n) is 3.90. The Balaban J connectivity index is 1.95. The lowest BCUT2D eigenvalue weighted by atomic mass is 10.1. The second-order valence-corrected chi connectivity index (χ2v) is 7.23. The van der Waals surface area contributed by atoms with Gasteiger partial charge in [-0.2, -0.15) is 0 Å². The van der Waals surface area contributed by atoms with Crippen LogP contribution in [0, 0.1) is 6.92 Å². The largest absolute Gasteiger partial charge is 0.504 e. The number of aryl methyl sites for hydroxylation is 1. The van der Waals surface area contributed by atoms with Crippen LogP contribution in [0.25, 0.3) is 0 Å². The minimum absolute atomic E-state index is 0.000581. The number of aliphatic hydroxyl groups excluding tert-OH is 1. The van der Waals surface area contributed by atoms with E-state index in [9.17, 15) is 15.0 Å². The molecule has 0 saturated carbocycles. The third-order valence-corrected chi connectivity index (χ3v) is 3.90. The number of amides is 1. The molecule has 134 valence electrons. The third kappa shape index (κ3) is 4.77. The minimum Gasteiger partial charge on any atom is -0.504 e. The molecule has 24 heavy (non-hydrogen) atoms. The summed E-state index contributed by atoms with van der Waals surface area (Å²) in [5.41, 5.74) is 0.353. The lowest BCUT2D eigenvalue weighted by Crippen LogP contribution is -2.46. The van der Waals surface area contributed by atoms with E-state index in [1.165, 1.54) is 0 Å². The van der Waals surface area contributed by atoms with Crippen LogP contribution in [0.15, 0.2) is 18.2 Å². The first-order valence-electron chi connectivity index (χ1n) is 8.27. The Labute approximate surface area is 143 Å². The number of ether oxygens (including phenoxy) is 2. The average Bonchev–Trinajstić information content (AvgIpc) is 2.93. The van der Waals surface area contributed by atoms with Crippen molar-refractivity contribution >= 4 is 6.09 Å². The van der Waals surface area contributed by atoms with E-state index in [1.54, 1.807) is 17.0 Å². The van der Waals surface area contributed by atoms with Gasteiger partial charge in [0, 0.05) is 6.54 Å². The van der Waals surface area contributed by atoms with Crippen molar-refractivity contribution in [1.29, 1.82) is 0 Å². The number of nitrogens with zero attached hydrogens (tertiary/aromatic N) is 1. The highest BCUT2D eigenvalue weighted by molar-refractivity contribution is 5.69. The number of aromatic hydroxyl groups is 1. The molecule has 2 N–H and O–H groups in total. The number of phenolic OH excluding ortho intramolecular Hbond substituents is 1. The van der Waals surface area contributed by atoms with Crippen molar-refractivity contribution in [1.82, 2.24) is 4.90 Å². The van der Waals surface area contributed by atoms with Crippen LogP contribution in [0.4, 0.5) is 4.79 Å². The van der Waals surface area contributed by atoms with Crippen molar-refractivity contribution in [3.8, 4) is 11.5 Å². The van der Waals surface area contributed by atoms with E-state index in [2.05, 4.69) is 0 Å². The Kier molecular flexibility index (Phi) is 5.59. The van der Waals surface area contributed by atoms with E-state index >= 15 is 0 Å². The van der Waals surface area contributed by atoms with Gasteiger partial charge < -0.3 is 24.6 Å². The Bertz CT molecular complexity index is 581. The molecule has 1 amide bonds. The van der Waals surface area contributed by atoms with Crippen LogP contribution in [0.1, 0.15) is 39.2 Å². The second kappa shape index (κ2) is 7.30. The zero-order valence-electron chi connectivity index (χ0n) is 14.8. The predicted molar refractivity (Wildman–Crippen MR) is 90.3 cm³/mol. The quantitative estimate of drug-likeness (QED) is 0.883. The van der Waals surface area contributed by atoms with Crippen molar-refractivity contribution in [2.45, 2.75) is 58.3 Å². The van der Waals surface area contributed by atoms with Crippen molar-refractivity contribution in [3.05, 3.63) is 23.8 Å². The molecule has 6 nitrogen and oxygen atoms in total. The lowest BCUT2D eigenvalue weighted by Gasteiger charge is -2.31. The summed E-state index contributed by atoms with van der Waals surface area (Å²) < 4.78 is 10.9. The van der Waals surface area contributed by atoms with Crippen LogP contribution < -0.4 is 4.74 Å². The summed E-state index contributed by atoms with van der Waals surface area (Å²) in [5.74, 6) is 0.360. The highest BCUT2D eigenvalue weighted by Crippen LogP contribution is 2.28. The molecular weight excluding hydrogens is 310 g/mol. The summed E-state index contributed by atoms with van der Waals surface area (Å²) in [5, 5.41) is 20.3. The average molecular weight is 337 g/mol. The van der Waals surface area contributed by atoms with Gasteiger partial charge in [-0.3, -0.25) is 0 Å². The van der Waals surface area contributed by atoms with Gasteiger partial charge in [0.15, 0.2) is 11.5 Å². The number of carbonyl (C=O) groups is 1. The molecule has 1 heterocycles. The van der Waals surface area contributed by atoms with Crippen LogP contribution >= 0.6 is 0 Å². The highest BCUT2D eigenvalue weighted by Gasteiger charge is 2.36. The Morgan fingerprint density at radius 3 is 2.75 bits per heavy atom. The molecule has 1 aromatic rings. The summed E-state index contributed by atoms with van der Waals surface area (Å²) in [6.45, 7) is 7.88. The second-order valence-electron chi connectivity index (χ2n) is 7.23. The number of carbonyl (C=O) groups excluding carboxylic acids is 1. The smallest absolute Gasteiger partial charge is 0.410 e. The van der Waals surface area contributed by atoms with E-state index in [0.29, 0.717) is 18.7 Å². The van der Waals surface area contributed by atoms with Gasteiger partial charge in [0.05, 0.1) is 6.04 Å². The monoisotopic (exact) mass is 337 g/mol. The van der Waals surface area contributed by atoms with E-state index in [4.69, 9.17) is 9.47 Å². The van der Waals surface area contributed by atoms with Gasteiger partial charge in [-0.15, -0.1) is 0 Å². The van der Waals surface area contributed by atoms with Gasteiger partial charge in [-0.05, 0) is 58.2 Å². The first-order valence-corrected chi connectivity index (χ1v) is 8.27. The molecule has 0 aromatic heterocycles. The van der Waals surface area contributed by atoms with Gasteiger partial charge in [0.25, 0.3) is 0 Å². The summed E-state index contributed by atoms with van der Waals surface area (Å²) in [4.78, 5) is 13.8. The Morgan fingerprint density at radius 1 is 1.42 bits per heavy atom. The van der Waals surface area contributed by atoms with Gasteiger partial charge in [0.2, 0.25) is 0 Å². The lowest BCUT2D eigenvalue weighted by molar-refractivity contribution is -0.00374. The number of phenols is 1. The van der Waals surface area contributed by atoms with Gasteiger partial charge in [-0.1, -0.05) is 6.07 Å². The van der Waals surface area contributed by atoms with E-state index in [-0.39, 0.29) is 18.4 Å². The topological polar surface area (TPSA) is 79.2 Å². The van der Waals surface area contributed by atoms with Crippen LogP contribution in [-0.4, -0.2) is 52.1 Å². The molecule has 2 atom stereocenters. The number of hydrogen-bond donors (Lipinski definition) is 2. The van der Waals surface area contributed by atoms with Gasteiger partial charge >= 0.3 is 6.09 Å². The molecule has 0 unspecified atom stereocenters. The highest BCUT2D eigenvalue weighted by atomic mass is 16.6. The molecule has 0 bridgehead atoms. The summed E-state index contributed by atoms with van der Waals surface area (Å²) in [6.07, 6.45) is 0.253. The normalized spacial score (nSPS) is 19.2. The number of aliphatic hydroxyl groups is 1. The molecule has 1 aliphatic rings. The number of hydrogen-bond acceptors (Lipinski definition) is 5. The van der Waals surface area contributed by atoms with Gasteiger partial charge in [-0.25, -0.2) is 4.79 Å². The maximum Gasteiger partial charge on any atom is 0.410 e. The van der Waals surface area contributed by atoms with Crippen molar-refractivity contribution in [2.24, 2.45) is 0 Å². The minimum atomic E-state index is -0.847. The fraction of sp³-hybridized carbons (Fsp3) is 0.611. The standard InChI is InChI=1S/C18H27NO5/c1-12-7-8-16(14(20)10-12)23-11-15(21)13-6-5-9-19(13)17(22)24-18(2,3)4/h7-8,10,13,15,20-21H,5-6,9,11H2,1-4H3/t13-,15-/m0/s1. The van der Waals surface area contributed by atoms with E-state index < -0.39 is 17.8 Å². The molecule has 1 saturated heterocycles. The summed E-state index contributed by atoms with van der Waals surface area (Å²) in [7, 11) is 0.